The lowest BCUT2D eigenvalue weighted by atomic mass is 9.90. The molecule has 2 aromatic carbocycles. The third-order valence-electron chi connectivity index (χ3n) is 4.13. The summed E-state index contributed by atoms with van der Waals surface area (Å²) in [7, 11) is 1.81. The molecular weight excluding hydrogens is 278 g/mol. The van der Waals surface area contributed by atoms with Crippen molar-refractivity contribution in [2.75, 3.05) is 0 Å². The van der Waals surface area contributed by atoms with Gasteiger partial charge in [-0.25, -0.2) is 4.57 Å². The molecule has 0 aliphatic rings. The number of rotatable bonds is 2. The Morgan fingerprint density at radius 1 is 0.826 bits per heavy atom. The number of nitrogens with zero attached hydrogens (tertiary/aromatic N) is 1. The normalized spacial score (nSPS) is 15.8. The van der Waals surface area contributed by atoms with E-state index in [1.54, 1.807) is 36.0 Å². The minimum absolute atomic E-state index is 0.261. The van der Waals surface area contributed by atoms with E-state index in [2.05, 4.69) is 0 Å². The Balaban J connectivity index is 2.29. The van der Waals surface area contributed by atoms with Crippen molar-refractivity contribution in [3.63, 3.8) is 0 Å². The van der Waals surface area contributed by atoms with Crippen molar-refractivity contribution in [2.24, 2.45) is 7.05 Å². The van der Waals surface area contributed by atoms with E-state index in [0.717, 1.165) is 27.9 Å². The molecule has 3 rings (SSSR count). The highest BCUT2D eigenvalue weighted by atomic mass is 14.9. The van der Waals surface area contributed by atoms with Gasteiger partial charge in [0.15, 0.2) is 6.20 Å². The summed E-state index contributed by atoms with van der Waals surface area (Å²) in [5, 5.41) is 0. The molecule has 0 unspecified atom stereocenters. The smallest absolute Gasteiger partial charge is 0.201 e. The van der Waals surface area contributed by atoms with Gasteiger partial charge in [0.1, 0.15) is 7.05 Å². The predicted molar refractivity (Wildman–Crippen MR) is 97.4 cm³/mol. The van der Waals surface area contributed by atoms with Gasteiger partial charge in [0.05, 0.1) is 5.56 Å². The lowest BCUT2D eigenvalue weighted by Crippen LogP contribution is -2.31. The second-order valence-corrected chi connectivity index (χ2v) is 5.96. The highest BCUT2D eigenvalue weighted by Gasteiger charge is 2.18. The van der Waals surface area contributed by atoms with Gasteiger partial charge in [0, 0.05) is 19.9 Å². The standard InChI is InChI=1S/C22H24N/c1-15-9-11-19(18(4)13-15)20-8-6-7-17(3)22(20)21-12-10-16(2)14-23(21)5/h6-14H,1-5H3/q+1/i2D3,4D3. The summed E-state index contributed by atoms with van der Waals surface area (Å²) in [4.78, 5) is 0. The van der Waals surface area contributed by atoms with Crippen molar-refractivity contribution >= 4 is 0 Å². The number of aryl methyl sites for hydroxylation is 5. The molecule has 0 spiro atoms. The lowest BCUT2D eigenvalue weighted by Gasteiger charge is -2.14. The molecule has 0 atom stereocenters. The molecule has 0 saturated carbocycles. The highest BCUT2D eigenvalue weighted by Crippen LogP contribution is 2.35. The summed E-state index contributed by atoms with van der Waals surface area (Å²) < 4.78 is 48.7. The van der Waals surface area contributed by atoms with E-state index in [-0.39, 0.29) is 5.56 Å². The Morgan fingerprint density at radius 2 is 1.65 bits per heavy atom. The molecule has 116 valence electrons. The number of aromatic nitrogens is 1. The topological polar surface area (TPSA) is 3.88 Å². The first-order valence-corrected chi connectivity index (χ1v) is 7.61. The van der Waals surface area contributed by atoms with E-state index in [1.165, 1.54) is 0 Å². The van der Waals surface area contributed by atoms with Crippen LogP contribution in [0.1, 0.15) is 30.5 Å². The molecule has 3 aromatic rings. The van der Waals surface area contributed by atoms with Crippen LogP contribution in [-0.2, 0) is 7.05 Å². The van der Waals surface area contributed by atoms with Crippen LogP contribution in [0.25, 0.3) is 22.4 Å². The summed E-state index contributed by atoms with van der Waals surface area (Å²) in [6, 6.07) is 14.7. The Labute approximate surface area is 147 Å². The van der Waals surface area contributed by atoms with E-state index >= 15 is 0 Å². The number of hydrogen-bond acceptors (Lipinski definition) is 0. The predicted octanol–water partition coefficient (Wildman–Crippen LogP) is 5.08. The van der Waals surface area contributed by atoms with Crippen molar-refractivity contribution in [3.8, 4) is 22.4 Å². The van der Waals surface area contributed by atoms with Gasteiger partial charge in [-0.15, -0.1) is 0 Å². The highest BCUT2D eigenvalue weighted by molar-refractivity contribution is 5.84. The number of hydrogen-bond donors (Lipinski definition) is 0. The molecule has 0 aliphatic heterocycles. The van der Waals surface area contributed by atoms with Gasteiger partial charge >= 0.3 is 0 Å². The largest absolute Gasteiger partial charge is 0.213 e. The quantitative estimate of drug-likeness (QED) is 0.581. The van der Waals surface area contributed by atoms with Crippen molar-refractivity contribution < 1.29 is 12.8 Å². The van der Waals surface area contributed by atoms with E-state index < -0.39 is 13.7 Å². The van der Waals surface area contributed by atoms with Crippen molar-refractivity contribution in [2.45, 2.75) is 27.6 Å². The molecular formula is C22H24N+. The second kappa shape index (κ2) is 6.00. The maximum atomic E-state index is 7.99. The fourth-order valence-corrected chi connectivity index (χ4v) is 2.99. The maximum Gasteiger partial charge on any atom is 0.213 e. The molecule has 0 radical (unpaired) electrons. The summed E-state index contributed by atoms with van der Waals surface area (Å²) >= 11 is 0. The molecule has 0 N–H and O–H groups in total. The van der Waals surface area contributed by atoms with Gasteiger partial charge in [-0.2, -0.15) is 0 Å². The van der Waals surface area contributed by atoms with Gasteiger partial charge in [-0.1, -0.05) is 42.0 Å². The summed E-state index contributed by atoms with van der Waals surface area (Å²) in [6.07, 6.45) is 1.61. The first-order valence-electron chi connectivity index (χ1n) is 10.6. The fourth-order valence-electron chi connectivity index (χ4n) is 2.99. The Bertz CT molecular complexity index is 1060. The monoisotopic (exact) mass is 308 g/mol. The first-order chi connectivity index (χ1) is 13.4. The van der Waals surface area contributed by atoms with Gasteiger partial charge < -0.3 is 0 Å². The van der Waals surface area contributed by atoms with Crippen LogP contribution in [0.2, 0.25) is 0 Å². The van der Waals surface area contributed by atoms with Crippen molar-refractivity contribution in [1.29, 1.82) is 0 Å². The third kappa shape index (κ3) is 2.92. The Hall–Kier alpha value is -2.41. The molecule has 0 saturated heterocycles. The van der Waals surface area contributed by atoms with Crippen molar-refractivity contribution in [1.82, 2.24) is 0 Å². The van der Waals surface area contributed by atoms with Crippen LogP contribution in [0.5, 0.6) is 0 Å². The molecule has 0 fully saturated rings. The third-order valence-corrected chi connectivity index (χ3v) is 4.13. The van der Waals surface area contributed by atoms with Crippen molar-refractivity contribution in [3.05, 3.63) is 77.0 Å². The van der Waals surface area contributed by atoms with Crippen LogP contribution >= 0.6 is 0 Å². The van der Waals surface area contributed by atoms with Gasteiger partial charge in [0.25, 0.3) is 0 Å². The van der Waals surface area contributed by atoms with E-state index in [9.17, 15) is 0 Å². The van der Waals surface area contributed by atoms with Gasteiger partial charge in [-0.3, -0.25) is 0 Å². The minimum atomic E-state index is -2.24. The average molecular weight is 308 g/mol. The van der Waals surface area contributed by atoms with Crippen LogP contribution in [0.3, 0.4) is 0 Å². The van der Waals surface area contributed by atoms with Crippen LogP contribution in [0.4, 0.5) is 0 Å². The summed E-state index contributed by atoms with van der Waals surface area (Å²) in [6.45, 7) is -0.574. The molecule has 1 heterocycles. The van der Waals surface area contributed by atoms with Gasteiger partial charge in [0.2, 0.25) is 5.69 Å². The summed E-state index contributed by atoms with van der Waals surface area (Å²) in [5.41, 5.74) is 5.63. The zero-order valence-corrected chi connectivity index (χ0v) is 13.6. The molecule has 1 aromatic heterocycles. The maximum absolute atomic E-state index is 7.99. The molecule has 1 nitrogen and oxygen atoms in total. The van der Waals surface area contributed by atoms with Gasteiger partial charge in [-0.05, 0) is 55.9 Å². The van der Waals surface area contributed by atoms with Crippen LogP contribution < -0.4 is 4.57 Å². The SMILES string of the molecule is [2H]C([2H])([2H])c1ccc(-c2c(C)cccc2-c2ccc(C)cc2C([2H])([2H])[2H])[n+](C)c1. The van der Waals surface area contributed by atoms with E-state index in [4.69, 9.17) is 8.22 Å². The Kier molecular flexibility index (Phi) is 2.52. The van der Waals surface area contributed by atoms with Crippen LogP contribution in [-0.4, -0.2) is 0 Å². The fraction of sp³-hybridized carbons (Fsp3) is 0.227. The molecule has 0 aliphatic carbocycles. The molecule has 0 amide bonds. The first kappa shape index (κ1) is 9.67. The van der Waals surface area contributed by atoms with E-state index in [1.807, 2.05) is 44.2 Å². The molecule has 23 heavy (non-hydrogen) atoms. The Morgan fingerprint density at radius 3 is 2.39 bits per heavy atom. The zero-order valence-electron chi connectivity index (χ0n) is 19.6. The molecule has 1 heteroatoms. The summed E-state index contributed by atoms with van der Waals surface area (Å²) in [5.74, 6) is 0. The number of pyridine rings is 1. The minimum Gasteiger partial charge on any atom is -0.201 e. The second-order valence-electron chi connectivity index (χ2n) is 5.96. The van der Waals surface area contributed by atoms with E-state index in [0.29, 0.717) is 11.1 Å². The zero-order chi connectivity index (χ0) is 21.6. The molecule has 0 bridgehead atoms. The van der Waals surface area contributed by atoms with Crippen LogP contribution in [0.15, 0.2) is 54.7 Å². The van der Waals surface area contributed by atoms with Crippen LogP contribution in [0, 0.1) is 27.6 Å². The number of benzene rings is 2. The average Bonchev–Trinajstić information content (AvgIpc) is 2.60. The lowest BCUT2D eigenvalue weighted by molar-refractivity contribution is -0.660.